The molecule has 0 aliphatic heterocycles. The van der Waals surface area contributed by atoms with Crippen LogP contribution < -0.4 is 5.32 Å². The summed E-state index contributed by atoms with van der Waals surface area (Å²) in [4.78, 5) is 11.9. The standard InChI is InChI=1S/C12H16N6O/c19-12(9-17-8-7-13-16-17)15-11-5-6-14-18(11)10-3-1-2-4-10/h5-8,10H,1-4,9H2,(H,15,19). The molecule has 0 atom stereocenters. The van der Waals surface area contributed by atoms with Crippen LogP contribution in [0.4, 0.5) is 5.82 Å². The smallest absolute Gasteiger partial charge is 0.247 e. The van der Waals surface area contributed by atoms with E-state index in [2.05, 4.69) is 20.7 Å². The van der Waals surface area contributed by atoms with Gasteiger partial charge in [-0.1, -0.05) is 18.1 Å². The van der Waals surface area contributed by atoms with E-state index in [1.165, 1.54) is 17.5 Å². The van der Waals surface area contributed by atoms with Crippen LogP contribution in [0.1, 0.15) is 31.7 Å². The molecule has 0 unspecified atom stereocenters. The Hall–Kier alpha value is -2.18. The molecule has 2 heterocycles. The molecular weight excluding hydrogens is 244 g/mol. The van der Waals surface area contributed by atoms with Gasteiger partial charge in [-0.3, -0.25) is 4.79 Å². The first-order chi connectivity index (χ1) is 9.33. The van der Waals surface area contributed by atoms with Gasteiger partial charge in [-0.15, -0.1) is 5.10 Å². The minimum absolute atomic E-state index is 0.120. The number of amides is 1. The van der Waals surface area contributed by atoms with E-state index >= 15 is 0 Å². The molecule has 7 heteroatoms. The molecule has 0 radical (unpaired) electrons. The van der Waals surface area contributed by atoms with Gasteiger partial charge in [0.25, 0.3) is 0 Å². The molecule has 1 N–H and O–H groups in total. The molecule has 7 nitrogen and oxygen atoms in total. The molecule has 19 heavy (non-hydrogen) atoms. The highest BCUT2D eigenvalue weighted by Crippen LogP contribution is 2.31. The topological polar surface area (TPSA) is 77.6 Å². The molecule has 0 aromatic carbocycles. The lowest BCUT2D eigenvalue weighted by atomic mass is 10.2. The van der Waals surface area contributed by atoms with E-state index in [0.717, 1.165) is 18.7 Å². The van der Waals surface area contributed by atoms with Crippen molar-refractivity contribution in [1.82, 2.24) is 24.8 Å². The molecule has 1 saturated carbocycles. The zero-order chi connectivity index (χ0) is 13.1. The van der Waals surface area contributed by atoms with Gasteiger partial charge in [-0.05, 0) is 12.8 Å². The fraction of sp³-hybridized carbons (Fsp3) is 0.500. The molecule has 0 bridgehead atoms. The third kappa shape index (κ3) is 2.64. The van der Waals surface area contributed by atoms with Crippen LogP contribution in [-0.4, -0.2) is 30.7 Å². The summed E-state index contributed by atoms with van der Waals surface area (Å²) >= 11 is 0. The Balaban J connectivity index is 1.66. The van der Waals surface area contributed by atoms with Crippen molar-refractivity contribution in [3.8, 4) is 0 Å². The number of nitrogens with zero attached hydrogens (tertiary/aromatic N) is 5. The molecule has 0 saturated heterocycles. The number of carbonyl (C=O) groups excluding carboxylic acids is 1. The maximum absolute atomic E-state index is 11.9. The van der Waals surface area contributed by atoms with Crippen LogP contribution in [0.3, 0.4) is 0 Å². The predicted molar refractivity (Wildman–Crippen MR) is 68.4 cm³/mol. The monoisotopic (exact) mass is 260 g/mol. The molecule has 3 rings (SSSR count). The second-order valence-corrected chi connectivity index (χ2v) is 4.75. The maximum Gasteiger partial charge on any atom is 0.247 e. The summed E-state index contributed by atoms with van der Waals surface area (Å²) in [6.45, 7) is 0.163. The highest BCUT2D eigenvalue weighted by Gasteiger charge is 2.20. The quantitative estimate of drug-likeness (QED) is 0.896. The number of hydrogen-bond acceptors (Lipinski definition) is 4. The van der Waals surface area contributed by atoms with E-state index < -0.39 is 0 Å². The summed E-state index contributed by atoms with van der Waals surface area (Å²) < 4.78 is 3.41. The average Bonchev–Trinajstić information content (AvgIpc) is 3.09. The Bertz CT molecular complexity index is 540. The van der Waals surface area contributed by atoms with Gasteiger partial charge in [-0.25, -0.2) is 9.36 Å². The lowest BCUT2D eigenvalue weighted by molar-refractivity contribution is -0.117. The summed E-state index contributed by atoms with van der Waals surface area (Å²) in [6.07, 6.45) is 9.67. The third-order valence-electron chi connectivity index (χ3n) is 3.39. The van der Waals surface area contributed by atoms with Gasteiger partial charge in [0, 0.05) is 12.3 Å². The Labute approximate surface area is 110 Å². The minimum Gasteiger partial charge on any atom is -0.309 e. The van der Waals surface area contributed by atoms with Crippen molar-refractivity contribution in [2.24, 2.45) is 0 Å². The summed E-state index contributed by atoms with van der Waals surface area (Å²) in [7, 11) is 0. The number of anilines is 1. The van der Waals surface area contributed by atoms with Crippen molar-refractivity contribution in [2.75, 3.05) is 5.32 Å². The van der Waals surface area contributed by atoms with Crippen LogP contribution in [-0.2, 0) is 11.3 Å². The van der Waals surface area contributed by atoms with E-state index in [0.29, 0.717) is 6.04 Å². The minimum atomic E-state index is -0.120. The average molecular weight is 260 g/mol. The fourth-order valence-corrected chi connectivity index (χ4v) is 2.50. The first kappa shape index (κ1) is 11.9. The summed E-state index contributed by atoms with van der Waals surface area (Å²) in [5.41, 5.74) is 0. The summed E-state index contributed by atoms with van der Waals surface area (Å²) in [5.74, 6) is 0.641. The van der Waals surface area contributed by atoms with Crippen LogP contribution >= 0.6 is 0 Å². The Kier molecular flexibility index (Phi) is 3.26. The van der Waals surface area contributed by atoms with E-state index in [1.807, 2.05) is 10.7 Å². The molecule has 100 valence electrons. The molecule has 0 spiro atoms. The maximum atomic E-state index is 11.9. The van der Waals surface area contributed by atoms with Crippen LogP contribution in [0.2, 0.25) is 0 Å². The number of nitrogens with one attached hydrogen (secondary N) is 1. The van der Waals surface area contributed by atoms with Crippen molar-refractivity contribution in [3.05, 3.63) is 24.7 Å². The molecule has 1 aliphatic carbocycles. The van der Waals surface area contributed by atoms with Crippen LogP contribution in [0.25, 0.3) is 0 Å². The van der Waals surface area contributed by atoms with Crippen LogP contribution in [0, 0.1) is 0 Å². The van der Waals surface area contributed by atoms with Gasteiger partial charge in [0.05, 0.1) is 18.4 Å². The predicted octanol–water partition coefficient (Wildman–Crippen LogP) is 1.23. The molecular formula is C12H16N6O. The molecule has 1 fully saturated rings. The first-order valence-electron chi connectivity index (χ1n) is 6.50. The van der Waals surface area contributed by atoms with Crippen molar-refractivity contribution in [3.63, 3.8) is 0 Å². The summed E-state index contributed by atoms with van der Waals surface area (Å²) in [5, 5.41) is 14.6. The zero-order valence-electron chi connectivity index (χ0n) is 10.6. The number of carbonyl (C=O) groups is 1. The largest absolute Gasteiger partial charge is 0.309 e. The van der Waals surface area contributed by atoms with Crippen molar-refractivity contribution in [1.29, 1.82) is 0 Å². The zero-order valence-corrected chi connectivity index (χ0v) is 10.6. The Morgan fingerprint density at radius 3 is 2.95 bits per heavy atom. The van der Waals surface area contributed by atoms with Crippen molar-refractivity contribution < 1.29 is 4.79 Å². The van der Waals surface area contributed by atoms with Crippen molar-refractivity contribution >= 4 is 11.7 Å². The van der Waals surface area contributed by atoms with Gasteiger partial charge in [0.2, 0.25) is 5.91 Å². The summed E-state index contributed by atoms with van der Waals surface area (Å²) in [6, 6.07) is 2.24. The van der Waals surface area contributed by atoms with Crippen LogP contribution in [0.15, 0.2) is 24.7 Å². The normalized spacial score (nSPS) is 15.8. The van der Waals surface area contributed by atoms with Gasteiger partial charge in [0.15, 0.2) is 0 Å². The van der Waals surface area contributed by atoms with Gasteiger partial charge < -0.3 is 5.32 Å². The lowest BCUT2D eigenvalue weighted by Gasteiger charge is -2.14. The molecule has 1 amide bonds. The van der Waals surface area contributed by atoms with Gasteiger partial charge >= 0.3 is 0 Å². The number of aromatic nitrogens is 5. The molecule has 2 aromatic heterocycles. The SMILES string of the molecule is O=C(Cn1ccnn1)Nc1ccnn1C1CCCC1. The number of rotatable bonds is 4. The fourth-order valence-electron chi connectivity index (χ4n) is 2.50. The van der Waals surface area contributed by atoms with Crippen LogP contribution in [0.5, 0.6) is 0 Å². The van der Waals surface area contributed by atoms with E-state index in [4.69, 9.17) is 0 Å². The highest BCUT2D eigenvalue weighted by atomic mass is 16.2. The van der Waals surface area contributed by atoms with Crippen molar-refractivity contribution in [2.45, 2.75) is 38.3 Å². The molecule has 1 aliphatic rings. The van der Waals surface area contributed by atoms with Gasteiger partial charge in [-0.2, -0.15) is 5.10 Å². The Morgan fingerprint density at radius 2 is 2.21 bits per heavy atom. The number of hydrogen-bond donors (Lipinski definition) is 1. The van der Waals surface area contributed by atoms with E-state index in [9.17, 15) is 4.79 Å². The second-order valence-electron chi connectivity index (χ2n) is 4.75. The third-order valence-corrected chi connectivity index (χ3v) is 3.39. The van der Waals surface area contributed by atoms with E-state index in [1.54, 1.807) is 18.6 Å². The first-order valence-corrected chi connectivity index (χ1v) is 6.50. The molecule has 2 aromatic rings. The highest BCUT2D eigenvalue weighted by molar-refractivity contribution is 5.89. The van der Waals surface area contributed by atoms with Gasteiger partial charge in [0.1, 0.15) is 12.4 Å². The van der Waals surface area contributed by atoms with E-state index in [-0.39, 0.29) is 12.5 Å². The Morgan fingerprint density at radius 1 is 1.37 bits per heavy atom. The second kappa shape index (κ2) is 5.21. The lowest BCUT2D eigenvalue weighted by Crippen LogP contribution is -2.22.